The van der Waals surface area contributed by atoms with Gasteiger partial charge in [-0.1, -0.05) is 30.3 Å². The molecule has 1 atom stereocenters. The van der Waals surface area contributed by atoms with Crippen LogP contribution in [0.3, 0.4) is 0 Å². The first-order valence-corrected chi connectivity index (χ1v) is 6.29. The summed E-state index contributed by atoms with van der Waals surface area (Å²) in [5.41, 5.74) is 1.15. The largest absolute Gasteiger partial charge is 0.337 e. The zero-order valence-corrected chi connectivity index (χ0v) is 10.1. The van der Waals surface area contributed by atoms with E-state index in [1.807, 2.05) is 18.0 Å². The third-order valence-electron chi connectivity index (χ3n) is 4.27. The number of hydrogen-bond donors (Lipinski definition) is 1. The van der Waals surface area contributed by atoms with Gasteiger partial charge in [-0.25, -0.2) is 0 Å². The summed E-state index contributed by atoms with van der Waals surface area (Å²) in [6.45, 7) is 1.92. The lowest BCUT2D eigenvalue weighted by Crippen LogP contribution is -2.64. The van der Waals surface area contributed by atoms with Crippen LogP contribution in [0.2, 0.25) is 0 Å². The van der Waals surface area contributed by atoms with Crippen LogP contribution < -0.4 is 5.32 Å². The van der Waals surface area contributed by atoms with Gasteiger partial charge in [0.1, 0.15) is 0 Å². The molecule has 0 aromatic heterocycles. The summed E-state index contributed by atoms with van der Waals surface area (Å²) in [5, 5.41) is 3.34. The Kier molecular flexibility index (Phi) is 2.44. The lowest BCUT2D eigenvalue weighted by Gasteiger charge is -2.56. The second-order valence-electron chi connectivity index (χ2n) is 5.14. The second-order valence-corrected chi connectivity index (χ2v) is 5.14. The maximum Gasteiger partial charge on any atom is 0.231 e. The van der Waals surface area contributed by atoms with Crippen molar-refractivity contribution in [3.05, 3.63) is 35.9 Å². The van der Waals surface area contributed by atoms with E-state index in [0.29, 0.717) is 5.91 Å². The fourth-order valence-corrected chi connectivity index (χ4v) is 3.43. The molecule has 3 heteroatoms. The first-order chi connectivity index (χ1) is 8.26. The Hall–Kier alpha value is -1.35. The van der Waals surface area contributed by atoms with E-state index in [1.165, 1.54) is 5.56 Å². The van der Waals surface area contributed by atoms with Gasteiger partial charge in [-0.3, -0.25) is 4.79 Å². The number of carbonyl (C=O) groups is 1. The van der Waals surface area contributed by atoms with E-state index in [-0.39, 0.29) is 11.5 Å². The Bertz CT molecular complexity index is 423. The van der Waals surface area contributed by atoms with Gasteiger partial charge < -0.3 is 10.2 Å². The molecular weight excluding hydrogens is 212 g/mol. The Morgan fingerprint density at radius 2 is 1.88 bits per heavy atom. The van der Waals surface area contributed by atoms with Crippen molar-refractivity contribution in [1.29, 1.82) is 0 Å². The third kappa shape index (κ3) is 1.42. The lowest BCUT2D eigenvalue weighted by atomic mass is 9.63. The summed E-state index contributed by atoms with van der Waals surface area (Å²) in [6.07, 6.45) is 1.94. The molecule has 1 unspecified atom stereocenters. The predicted molar refractivity (Wildman–Crippen MR) is 66.5 cm³/mol. The fraction of sp³-hybridized carbons (Fsp3) is 0.500. The SMILES string of the molecule is CN1C(=O)C2(CCNCC2)C1c1ccccc1. The highest BCUT2D eigenvalue weighted by molar-refractivity contribution is 5.90. The first kappa shape index (κ1) is 10.8. The minimum Gasteiger partial charge on any atom is -0.337 e. The molecule has 3 rings (SSSR count). The average molecular weight is 230 g/mol. The van der Waals surface area contributed by atoms with Crippen molar-refractivity contribution in [2.24, 2.45) is 5.41 Å². The van der Waals surface area contributed by atoms with Crippen molar-refractivity contribution in [3.8, 4) is 0 Å². The second kappa shape index (κ2) is 3.84. The number of benzene rings is 1. The first-order valence-electron chi connectivity index (χ1n) is 6.29. The van der Waals surface area contributed by atoms with E-state index in [1.54, 1.807) is 0 Å². The van der Waals surface area contributed by atoms with E-state index in [0.717, 1.165) is 25.9 Å². The van der Waals surface area contributed by atoms with E-state index in [2.05, 4.69) is 29.6 Å². The van der Waals surface area contributed by atoms with Gasteiger partial charge in [-0.05, 0) is 31.5 Å². The number of piperidine rings is 1. The zero-order chi connectivity index (χ0) is 11.9. The molecular formula is C14H18N2O. The number of carbonyl (C=O) groups excluding carboxylic acids is 1. The molecule has 3 nitrogen and oxygen atoms in total. The van der Waals surface area contributed by atoms with Crippen LogP contribution in [-0.4, -0.2) is 30.9 Å². The quantitative estimate of drug-likeness (QED) is 0.743. The Balaban J connectivity index is 1.95. The Morgan fingerprint density at radius 3 is 2.53 bits per heavy atom. The maximum absolute atomic E-state index is 12.2. The van der Waals surface area contributed by atoms with E-state index in [9.17, 15) is 4.79 Å². The highest BCUT2D eigenvalue weighted by Gasteiger charge is 2.59. The van der Waals surface area contributed by atoms with Gasteiger partial charge in [0.15, 0.2) is 0 Å². The molecule has 0 radical (unpaired) electrons. The number of nitrogens with one attached hydrogen (secondary N) is 1. The predicted octanol–water partition coefficient (Wildman–Crippen LogP) is 1.57. The lowest BCUT2D eigenvalue weighted by molar-refractivity contribution is -0.173. The van der Waals surface area contributed by atoms with Gasteiger partial charge in [0.05, 0.1) is 11.5 Å². The number of rotatable bonds is 1. The molecule has 2 aliphatic rings. The van der Waals surface area contributed by atoms with Gasteiger partial charge in [-0.15, -0.1) is 0 Å². The van der Waals surface area contributed by atoms with Crippen molar-refractivity contribution in [2.45, 2.75) is 18.9 Å². The molecule has 2 aliphatic heterocycles. The van der Waals surface area contributed by atoms with Gasteiger partial charge in [0.2, 0.25) is 5.91 Å². The number of hydrogen-bond acceptors (Lipinski definition) is 2. The maximum atomic E-state index is 12.2. The molecule has 17 heavy (non-hydrogen) atoms. The molecule has 1 spiro atoms. The molecule has 1 aromatic rings. The van der Waals surface area contributed by atoms with E-state index in [4.69, 9.17) is 0 Å². The molecule has 0 bridgehead atoms. The van der Waals surface area contributed by atoms with Crippen LogP contribution in [0, 0.1) is 5.41 Å². The molecule has 1 aromatic carbocycles. The summed E-state index contributed by atoms with van der Waals surface area (Å²) in [6, 6.07) is 10.7. The smallest absolute Gasteiger partial charge is 0.231 e. The summed E-state index contributed by atoms with van der Waals surface area (Å²) in [5.74, 6) is 0.327. The van der Waals surface area contributed by atoms with Gasteiger partial charge in [0, 0.05) is 7.05 Å². The number of likely N-dealkylation sites (tertiary alicyclic amines) is 1. The highest BCUT2D eigenvalue weighted by atomic mass is 16.2. The molecule has 2 saturated heterocycles. The van der Waals surface area contributed by atoms with Crippen LogP contribution in [0.5, 0.6) is 0 Å². The summed E-state index contributed by atoms with van der Waals surface area (Å²) in [4.78, 5) is 14.1. The number of amides is 1. The third-order valence-corrected chi connectivity index (χ3v) is 4.27. The molecule has 90 valence electrons. The topological polar surface area (TPSA) is 32.3 Å². The van der Waals surface area contributed by atoms with Crippen LogP contribution in [0.25, 0.3) is 0 Å². The Labute approximate surface area is 102 Å². The van der Waals surface area contributed by atoms with E-state index >= 15 is 0 Å². The monoisotopic (exact) mass is 230 g/mol. The van der Waals surface area contributed by atoms with Crippen LogP contribution in [-0.2, 0) is 4.79 Å². The molecule has 0 aliphatic carbocycles. The molecule has 1 N–H and O–H groups in total. The van der Waals surface area contributed by atoms with Crippen molar-refractivity contribution in [3.63, 3.8) is 0 Å². The van der Waals surface area contributed by atoms with Crippen molar-refractivity contribution >= 4 is 5.91 Å². The van der Waals surface area contributed by atoms with Crippen LogP contribution in [0.4, 0.5) is 0 Å². The highest BCUT2D eigenvalue weighted by Crippen LogP contribution is 2.54. The normalized spacial score (nSPS) is 27.0. The van der Waals surface area contributed by atoms with Gasteiger partial charge in [0.25, 0.3) is 0 Å². The minimum absolute atomic E-state index is 0.124. The molecule has 2 heterocycles. The molecule has 2 fully saturated rings. The molecule has 1 amide bonds. The van der Waals surface area contributed by atoms with Crippen molar-refractivity contribution in [1.82, 2.24) is 10.2 Å². The summed E-state index contributed by atoms with van der Waals surface area (Å²) in [7, 11) is 1.92. The fourth-order valence-electron chi connectivity index (χ4n) is 3.43. The van der Waals surface area contributed by atoms with Gasteiger partial charge in [-0.2, -0.15) is 0 Å². The van der Waals surface area contributed by atoms with Crippen LogP contribution in [0.15, 0.2) is 30.3 Å². The van der Waals surface area contributed by atoms with Crippen LogP contribution in [0.1, 0.15) is 24.4 Å². The van der Waals surface area contributed by atoms with Crippen molar-refractivity contribution < 1.29 is 4.79 Å². The molecule has 0 saturated carbocycles. The van der Waals surface area contributed by atoms with Gasteiger partial charge >= 0.3 is 0 Å². The minimum atomic E-state index is -0.124. The average Bonchev–Trinajstić information content (AvgIpc) is 2.41. The standard InChI is InChI=1S/C14H18N2O/c1-16-12(11-5-3-2-4-6-11)14(13(16)17)7-9-15-10-8-14/h2-6,12,15H,7-10H2,1H3. The number of nitrogens with zero attached hydrogens (tertiary/aromatic N) is 1. The van der Waals surface area contributed by atoms with E-state index < -0.39 is 0 Å². The van der Waals surface area contributed by atoms with Crippen LogP contribution >= 0.6 is 0 Å². The summed E-state index contributed by atoms with van der Waals surface area (Å²) < 4.78 is 0. The number of β-lactam (4-membered cyclic amide) rings is 1. The van der Waals surface area contributed by atoms with Crippen molar-refractivity contribution in [2.75, 3.05) is 20.1 Å². The summed E-state index contributed by atoms with van der Waals surface area (Å²) >= 11 is 0. The Morgan fingerprint density at radius 1 is 1.24 bits per heavy atom. The zero-order valence-electron chi connectivity index (χ0n) is 10.1.